The zero-order valence-corrected chi connectivity index (χ0v) is 14.0. The van der Waals surface area contributed by atoms with Crippen LogP contribution < -0.4 is 5.32 Å². The second-order valence-corrected chi connectivity index (χ2v) is 6.15. The fourth-order valence-electron chi connectivity index (χ4n) is 2.62. The molecule has 0 fully saturated rings. The summed E-state index contributed by atoms with van der Waals surface area (Å²) in [6.07, 6.45) is 2.78. The molecular weight excluding hydrogens is 371 g/mol. The number of nitrogens with zero attached hydrogens (tertiary/aromatic N) is 4. The average Bonchev–Trinajstić information content (AvgIpc) is 3.46. The summed E-state index contributed by atoms with van der Waals surface area (Å²) >= 11 is 0. The molecule has 1 aromatic carbocycles. The van der Waals surface area contributed by atoms with Crippen LogP contribution in [-0.2, 0) is 6.18 Å². The highest BCUT2D eigenvalue weighted by Gasteiger charge is 2.36. The summed E-state index contributed by atoms with van der Waals surface area (Å²) in [4.78, 5) is 24.8. The van der Waals surface area contributed by atoms with Gasteiger partial charge in [-0.25, -0.2) is 4.98 Å². The van der Waals surface area contributed by atoms with E-state index in [1.54, 1.807) is 0 Å². The van der Waals surface area contributed by atoms with E-state index in [0.29, 0.717) is 22.2 Å². The van der Waals surface area contributed by atoms with E-state index in [1.807, 2.05) is 6.07 Å². The van der Waals surface area contributed by atoms with Crippen molar-refractivity contribution in [3.05, 3.63) is 66.3 Å². The number of amides is 1. The summed E-state index contributed by atoms with van der Waals surface area (Å²) in [6.45, 7) is 0. The van der Waals surface area contributed by atoms with E-state index in [1.165, 1.54) is 42.9 Å². The van der Waals surface area contributed by atoms with Crippen molar-refractivity contribution in [3.63, 3.8) is 0 Å². The zero-order chi connectivity index (χ0) is 19.9. The number of benzene rings is 1. The van der Waals surface area contributed by atoms with Crippen LogP contribution in [0.3, 0.4) is 0 Å². The second kappa shape index (κ2) is 6.13. The van der Waals surface area contributed by atoms with Gasteiger partial charge in [0.15, 0.2) is 5.54 Å². The molecule has 3 aromatic rings. The molecule has 4 rings (SSSR count). The highest BCUT2D eigenvalue weighted by atomic mass is 19.4. The number of alkyl halides is 3. The Morgan fingerprint density at radius 3 is 2.43 bits per heavy atom. The third kappa shape index (κ3) is 3.16. The molecule has 0 saturated heterocycles. The van der Waals surface area contributed by atoms with E-state index in [4.69, 9.17) is 5.26 Å². The van der Waals surface area contributed by atoms with E-state index in [-0.39, 0.29) is 5.69 Å². The number of halogens is 3. The summed E-state index contributed by atoms with van der Waals surface area (Å²) in [5, 5.41) is 11.6. The molecule has 1 amide bonds. The van der Waals surface area contributed by atoms with Gasteiger partial charge in [0.1, 0.15) is 16.7 Å². The number of nitriles is 1. The quantitative estimate of drug-likeness (QED) is 0.703. The molecule has 1 aliphatic rings. The molecule has 0 radical (unpaired) electrons. The lowest BCUT2D eigenvalue weighted by atomic mass is 10.0. The molecule has 2 heterocycles. The molecule has 138 valence electrons. The molecule has 2 aromatic heterocycles. The Bertz CT molecular complexity index is 1160. The number of hydrogen-bond donors (Lipinski definition) is 1. The number of carbonyl (C=O) groups is 1. The number of hydrogen-bond acceptors (Lipinski definition) is 5. The predicted molar refractivity (Wildman–Crippen MR) is 92.7 cm³/mol. The number of pyridine rings is 1. The number of aromatic nitrogens is 3. The van der Waals surface area contributed by atoms with E-state index in [0.717, 1.165) is 12.1 Å². The summed E-state index contributed by atoms with van der Waals surface area (Å²) in [7, 11) is 0. The minimum absolute atomic E-state index is 0.0183. The van der Waals surface area contributed by atoms with Crippen LogP contribution in [-0.4, -0.2) is 26.4 Å². The Kier molecular flexibility index (Phi) is 3.85. The smallest absolute Gasteiger partial charge is 0.326 e. The van der Waals surface area contributed by atoms with Crippen molar-refractivity contribution in [1.29, 1.82) is 5.26 Å². The molecule has 9 heteroatoms. The monoisotopic (exact) mass is 381 g/mol. The minimum Gasteiger partial charge on any atom is -0.326 e. The van der Waals surface area contributed by atoms with E-state index < -0.39 is 23.2 Å². The van der Waals surface area contributed by atoms with Gasteiger partial charge in [-0.1, -0.05) is 12.1 Å². The Morgan fingerprint density at radius 1 is 1.11 bits per heavy atom. The van der Waals surface area contributed by atoms with Crippen molar-refractivity contribution >= 4 is 16.9 Å². The first kappa shape index (κ1) is 17.6. The maximum Gasteiger partial charge on any atom is 0.416 e. The van der Waals surface area contributed by atoms with Gasteiger partial charge in [-0.2, -0.15) is 18.4 Å². The van der Waals surface area contributed by atoms with Crippen LogP contribution in [0.25, 0.3) is 22.2 Å². The number of rotatable bonds is 3. The Labute approximate surface area is 156 Å². The fraction of sp³-hybridized carbons (Fsp3) is 0.105. The zero-order valence-electron chi connectivity index (χ0n) is 14.0. The molecule has 0 atom stereocenters. The van der Waals surface area contributed by atoms with Gasteiger partial charge in [0.25, 0.3) is 5.91 Å². The average molecular weight is 381 g/mol. The number of carbonyl (C=O) groups excluding carboxylic acids is 1. The van der Waals surface area contributed by atoms with Crippen molar-refractivity contribution in [2.45, 2.75) is 11.7 Å². The van der Waals surface area contributed by atoms with Crippen LogP contribution >= 0.6 is 0 Å². The number of nitrogens with one attached hydrogen (secondary N) is 1. The third-order valence-electron chi connectivity index (χ3n) is 4.22. The maximum atomic E-state index is 12.8. The molecular formula is C19H10F3N5O. The van der Waals surface area contributed by atoms with Gasteiger partial charge < -0.3 is 5.32 Å². The van der Waals surface area contributed by atoms with Gasteiger partial charge >= 0.3 is 6.18 Å². The molecule has 0 spiro atoms. The largest absolute Gasteiger partial charge is 0.416 e. The van der Waals surface area contributed by atoms with Gasteiger partial charge in [-0.05, 0) is 29.8 Å². The lowest BCUT2D eigenvalue weighted by Crippen LogP contribution is -2.37. The van der Waals surface area contributed by atoms with Gasteiger partial charge in [-0.3, -0.25) is 14.8 Å². The van der Waals surface area contributed by atoms with Crippen LogP contribution in [0, 0.1) is 11.3 Å². The second-order valence-electron chi connectivity index (χ2n) is 6.15. The molecule has 0 saturated carbocycles. The first-order chi connectivity index (χ1) is 13.3. The van der Waals surface area contributed by atoms with Crippen LogP contribution in [0.1, 0.15) is 16.1 Å². The van der Waals surface area contributed by atoms with Gasteiger partial charge in [0.05, 0.1) is 24.0 Å². The third-order valence-corrected chi connectivity index (χ3v) is 4.22. The summed E-state index contributed by atoms with van der Waals surface area (Å²) < 4.78 is 38.3. The maximum absolute atomic E-state index is 12.8. The normalized spacial score (nSPS) is 14.5. The lowest BCUT2D eigenvalue weighted by Gasteiger charge is -2.11. The Hall–Kier alpha value is -3.80. The molecule has 1 aliphatic carbocycles. The van der Waals surface area contributed by atoms with Crippen LogP contribution in [0.15, 0.2) is 55.0 Å². The van der Waals surface area contributed by atoms with Crippen molar-refractivity contribution in [2.75, 3.05) is 0 Å². The predicted octanol–water partition coefficient (Wildman–Crippen LogP) is 3.27. The molecule has 6 nitrogen and oxygen atoms in total. The summed E-state index contributed by atoms with van der Waals surface area (Å²) in [5.74, 6) is -0.587. The molecule has 1 N–H and O–H groups in total. The highest BCUT2D eigenvalue weighted by molar-refractivity contribution is 5.97. The SMILES string of the molecule is N#CC1(NC(=O)c2cnc3cncc(-c4ccc(C(F)(F)F)cc4)c3n2)C=C1. The topological polar surface area (TPSA) is 91.6 Å². The van der Waals surface area contributed by atoms with E-state index in [9.17, 15) is 18.0 Å². The summed E-state index contributed by atoms with van der Waals surface area (Å²) in [5.41, 5.74) is -0.291. The standard InChI is InChI=1S/C19H10F3N5O/c20-19(21,22)12-3-1-11(2-4-12)13-7-24-8-14-16(13)26-15(9-25-14)17(28)27-18(10-23)5-6-18/h1-9H,(H,27,28). The highest BCUT2D eigenvalue weighted by Crippen LogP contribution is 2.32. The van der Waals surface area contributed by atoms with E-state index >= 15 is 0 Å². The lowest BCUT2D eigenvalue weighted by molar-refractivity contribution is -0.137. The van der Waals surface area contributed by atoms with Crippen molar-refractivity contribution in [3.8, 4) is 17.2 Å². The van der Waals surface area contributed by atoms with Crippen LogP contribution in [0.5, 0.6) is 0 Å². The van der Waals surface area contributed by atoms with Crippen molar-refractivity contribution in [1.82, 2.24) is 20.3 Å². The van der Waals surface area contributed by atoms with Gasteiger partial charge in [0, 0.05) is 11.8 Å². The first-order valence-corrected chi connectivity index (χ1v) is 8.04. The first-order valence-electron chi connectivity index (χ1n) is 8.04. The fourth-order valence-corrected chi connectivity index (χ4v) is 2.62. The molecule has 28 heavy (non-hydrogen) atoms. The van der Waals surface area contributed by atoms with Gasteiger partial charge in [-0.15, -0.1) is 0 Å². The van der Waals surface area contributed by atoms with Crippen LogP contribution in [0.4, 0.5) is 13.2 Å². The molecule has 0 aliphatic heterocycles. The van der Waals surface area contributed by atoms with E-state index in [2.05, 4.69) is 20.3 Å². The molecule has 0 unspecified atom stereocenters. The number of fused-ring (bicyclic) bond motifs is 1. The summed E-state index contributed by atoms with van der Waals surface area (Å²) in [6, 6.07) is 6.51. The Morgan fingerprint density at radius 2 is 1.82 bits per heavy atom. The van der Waals surface area contributed by atoms with Gasteiger partial charge in [0.2, 0.25) is 0 Å². The van der Waals surface area contributed by atoms with Crippen molar-refractivity contribution < 1.29 is 18.0 Å². The van der Waals surface area contributed by atoms with Crippen molar-refractivity contribution in [2.24, 2.45) is 0 Å². The Balaban J connectivity index is 1.73. The molecule has 0 bridgehead atoms. The minimum atomic E-state index is -4.44. The van der Waals surface area contributed by atoms with Crippen LogP contribution in [0.2, 0.25) is 0 Å².